The minimum absolute atomic E-state index is 0.125. The summed E-state index contributed by atoms with van der Waals surface area (Å²) in [7, 11) is 0. The largest absolute Gasteiger partial charge is 0.466 e. The van der Waals surface area contributed by atoms with Crippen molar-refractivity contribution in [2.24, 2.45) is 0 Å². The highest BCUT2D eigenvalue weighted by Crippen LogP contribution is 2.20. The van der Waals surface area contributed by atoms with Crippen LogP contribution in [0, 0.1) is 5.82 Å². The molecule has 0 aromatic heterocycles. The number of benzene rings is 1. The molecule has 0 fully saturated rings. The Morgan fingerprint density at radius 2 is 2.18 bits per heavy atom. The van der Waals surface area contributed by atoms with Crippen LogP contribution in [0.25, 0.3) is 0 Å². The minimum atomic E-state index is -1.15. The Morgan fingerprint density at radius 1 is 1.47 bits per heavy atom. The molecular formula is C13H17FO3. The maximum absolute atomic E-state index is 13.3. The molecule has 0 bridgehead atoms. The van der Waals surface area contributed by atoms with Crippen molar-refractivity contribution in [3.8, 4) is 0 Å². The van der Waals surface area contributed by atoms with Gasteiger partial charge in [-0.1, -0.05) is 31.5 Å². The van der Waals surface area contributed by atoms with E-state index >= 15 is 0 Å². The normalized spacial score (nSPS) is 12.2. The fourth-order valence-corrected chi connectivity index (χ4v) is 1.40. The molecule has 1 N–H and O–H groups in total. The second-order valence-electron chi connectivity index (χ2n) is 3.82. The van der Waals surface area contributed by atoms with Gasteiger partial charge < -0.3 is 9.84 Å². The lowest BCUT2D eigenvalue weighted by Gasteiger charge is -2.11. The summed E-state index contributed by atoms with van der Waals surface area (Å²) in [4.78, 5) is 11.3. The van der Waals surface area contributed by atoms with Crippen LogP contribution < -0.4 is 0 Å². The first-order valence-electron chi connectivity index (χ1n) is 5.73. The minimum Gasteiger partial charge on any atom is -0.466 e. The third-order valence-corrected chi connectivity index (χ3v) is 2.39. The molecule has 0 aliphatic carbocycles. The van der Waals surface area contributed by atoms with Crippen LogP contribution in [0.1, 0.15) is 37.9 Å². The average molecular weight is 240 g/mol. The van der Waals surface area contributed by atoms with E-state index in [1.165, 1.54) is 18.2 Å². The Morgan fingerprint density at radius 3 is 2.82 bits per heavy atom. The van der Waals surface area contributed by atoms with Gasteiger partial charge in [-0.25, -0.2) is 4.39 Å². The summed E-state index contributed by atoms with van der Waals surface area (Å²) in [6.45, 7) is 2.33. The molecule has 0 saturated carbocycles. The van der Waals surface area contributed by atoms with Crippen molar-refractivity contribution in [1.29, 1.82) is 0 Å². The predicted octanol–water partition coefficient (Wildman–Crippen LogP) is 2.59. The summed E-state index contributed by atoms with van der Waals surface area (Å²) in [5.41, 5.74) is 0.125. The van der Waals surface area contributed by atoms with E-state index in [-0.39, 0.29) is 12.0 Å². The van der Waals surface area contributed by atoms with E-state index < -0.39 is 17.9 Å². The molecule has 0 amide bonds. The number of rotatable bonds is 6. The monoisotopic (exact) mass is 240 g/mol. The van der Waals surface area contributed by atoms with Gasteiger partial charge in [0.05, 0.1) is 19.1 Å². The van der Waals surface area contributed by atoms with Gasteiger partial charge in [0.1, 0.15) is 5.82 Å². The zero-order valence-corrected chi connectivity index (χ0v) is 9.86. The summed E-state index contributed by atoms with van der Waals surface area (Å²) in [6.07, 6.45) is 0.361. The second kappa shape index (κ2) is 7.01. The molecule has 1 atom stereocenters. The van der Waals surface area contributed by atoms with Crippen molar-refractivity contribution in [3.63, 3.8) is 0 Å². The van der Waals surface area contributed by atoms with E-state index in [4.69, 9.17) is 4.74 Å². The van der Waals surface area contributed by atoms with Crippen LogP contribution in [0.4, 0.5) is 4.39 Å². The van der Waals surface area contributed by atoms with Crippen molar-refractivity contribution in [2.45, 2.75) is 32.3 Å². The molecule has 94 valence electrons. The van der Waals surface area contributed by atoms with E-state index in [0.29, 0.717) is 6.61 Å². The number of ether oxygens (including phenoxy) is 1. The molecule has 0 heterocycles. The lowest BCUT2D eigenvalue weighted by atomic mass is 10.1. The molecule has 1 aromatic carbocycles. The number of hydrogen-bond acceptors (Lipinski definition) is 3. The Labute approximate surface area is 100 Å². The van der Waals surface area contributed by atoms with Gasteiger partial charge in [-0.15, -0.1) is 0 Å². The van der Waals surface area contributed by atoms with E-state index in [0.717, 1.165) is 12.8 Å². The standard InChI is InChI=1S/C13H17FO3/c1-2-3-8-17-13(16)9-12(15)10-6-4-5-7-11(10)14/h4-7,12,15H,2-3,8-9H2,1H3. The van der Waals surface area contributed by atoms with E-state index in [1.54, 1.807) is 6.07 Å². The number of aliphatic hydroxyl groups excluding tert-OH is 1. The maximum Gasteiger partial charge on any atom is 0.308 e. The number of hydrogen-bond donors (Lipinski definition) is 1. The SMILES string of the molecule is CCCCOC(=O)CC(O)c1ccccc1F. The zero-order chi connectivity index (χ0) is 12.7. The highest BCUT2D eigenvalue weighted by Gasteiger charge is 2.16. The topological polar surface area (TPSA) is 46.5 Å². The highest BCUT2D eigenvalue weighted by atomic mass is 19.1. The number of esters is 1. The smallest absolute Gasteiger partial charge is 0.308 e. The molecule has 0 aliphatic rings. The Bertz CT molecular complexity index is 365. The molecule has 4 heteroatoms. The van der Waals surface area contributed by atoms with Gasteiger partial charge in [0, 0.05) is 5.56 Å². The van der Waals surface area contributed by atoms with Gasteiger partial charge in [-0.05, 0) is 12.5 Å². The molecule has 1 rings (SSSR count). The summed E-state index contributed by atoms with van der Waals surface area (Å²) in [5, 5.41) is 9.69. The third kappa shape index (κ3) is 4.53. The molecular weight excluding hydrogens is 223 g/mol. The fourth-order valence-electron chi connectivity index (χ4n) is 1.40. The molecule has 1 aromatic rings. The predicted molar refractivity (Wildman–Crippen MR) is 61.8 cm³/mol. The lowest BCUT2D eigenvalue weighted by molar-refractivity contribution is -0.146. The number of unbranched alkanes of at least 4 members (excludes halogenated alkanes) is 1. The molecule has 0 spiro atoms. The Hall–Kier alpha value is -1.42. The molecule has 0 saturated heterocycles. The van der Waals surface area contributed by atoms with Crippen molar-refractivity contribution in [3.05, 3.63) is 35.6 Å². The number of aliphatic hydroxyl groups is 1. The van der Waals surface area contributed by atoms with Gasteiger partial charge in [0.2, 0.25) is 0 Å². The summed E-state index contributed by atoms with van der Waals surface area (Å²) >= 11 is 0. The Balaban J connectivity index is 2.46. The first kappa shape index (κ1) is 13.6. The Kier molecular flexibility index (Phi) is 5.63. The van der Waals surface area contributed by atoms with Gasteiger partial charge in [-0.3, -0.25) is 4.79 Å². The first-order valence-corrected chi connectivity index (χ1v) is 5.73. The van der Waals surface area contributed by atoms with Crippen LogP contribution in [-0.2, 0) is 9.53 Å². The number of halogens is 1. The number of carbonyl (C=O) groups excluding carboxylic acids is 1. The van der Waals surface area contributed by atoms with Crippen molar-refractivity contribution in [2.75, 3.05) is 6.61 Å². The fraction of sp³-hybridized carbons (Fsp3) is 0.462. The van der Waals surface area contributed by atoms with Crippen molar-refractivity contribution >= 4 is 5.97 Å². The van der Waals surface area contributed by atoms with Crippen LogP contribution >= 0.6 is 0 Å². The van der Waals surface area contributed by atoms with E-state index in [9.17, 15) is 14.3 Å². The van der Waals surface area contributed by atoms with Crippen LogP contribution in [0.5, 0.6) is 0 Å². The van der Waals surface area contributed by atoms with Gasteiger partial charge in [0.25, 0.3) is 0 Å². The lowest BCUT2D eigenvalue weighted by Crippen LogP contribution is -2.12. The average Bonchev–Trinajstić information content (AvgIpc) is 2.29. The van der Waals surface area contributed by atoms with Gasteiger partial charge in [0.15, 0.2) is 0 Å². The van der Waals surface area contributed by atoms with Crippen molar-refractivity contribution < 1.29 is 19.0 Å². The summed E-state index contributed by atoms with van der Waals surface area (Å²) < 4.78 is 18.2. The van der Waals surface area contributed by atoms with Crippen LogP contribution in [0.3, 0.4) is 0 Å². The summed E-state index contributed by atoms with van der Waals surface area (Å²) in [5.74, 6) is -1.02. The van der Waals surface area contributed by atoms with E-state index in [2.05, 4.69) is 0 Å². The quantitative estimate of drug-likeness (QED) is 0.614. The van der Waals surface area contributed by atoms with E-state index in [1.807, 2.05) is 6.92 Å². The molecule has 0 aliphatic heterocycles. The van der Waals surface area contributed by atoms with Gasteiger partial charge in [-0.2, -0.15) is 0 Å². The van der Waals surface area contributed by atoms with Gasteiger partial charge >= 0.3 is 5.97 Å². The summed E-state index contributed by atoms with van der Waals surface area (Å²) in [6, 6.07) is 5.86. The molecule has 3 nitrogen and oxygen atoms in total. The molecule has 1 unspecified atom stereocenters. The van der Waals surface area contributed by atoms with Crippen LogP contribution in [-0.4, -0.2) is 17.7 Å². The zero-order valence-electron chi connectivity index (χ0n) is 9.86. The van der Waals surface area contributed by atoms with Crippen LogP contribution in [0.2, 0.25) is 0 Å². The second-order valence-corrected chi connectivity index (χ2v) is 3.82. The van der Waals surface area contributed by atoms with Crippen LogP contribution in [0.15, 0.2) is 24.3 Å². The molecule has 17 heavy (non-hydrogen) atoms. The number of carbonyl (C=O) groups is 1. The first-order chi connectivity index (χ1) is 8.15. The van der Waals surface area contributed by atoms with Crippen molar-refractivity contribution in [1.82, 2.24) is 0 Å². The third-order valence-electron chi connectivity index (χ3n) is 2.39. The molecule has 0 radical (unpaired) electrons. The highest BCUT2D eigenvalue weighted by molar-refractivity contribution is 5.70. The maximum atomic E-state index is 13.3.